The Balaban J connectivity index is 1.55. The van der Waals surface area contributed by atoms with Gasteiger partial charge in [-0.2, -0.15) is 9.97 Å². The molecular weight excluding hydrogens is 484 g/mol. The molecular formula is C28H38N6O4. The number of nitrogens with zero attached hydrogens (tertiary/aromatic N) is 5. The molecule has 38 heavy (non-hydrogen) atoms. The molecule has 1 unspecified atom stereocenters. The third-order valence-corrected chi connectivity index (χ3v) is 7.03. The van der Waals surface area contributed by atoms with Crippen LogP contribution >= 0.6 is 0 Å². The lowest BCUT2D eigenvalue weighted by molar-refractivity contribution is -0.00570. The molecule has 2 aromatic heterocycles. The summed E-state index contributed by atoms with van der Waals surface area (Å²) in [4.78, 5) is 19.5. The highest BCUT2D eigenvalue weighted by Crippen LogP contribution is 2.31. The second kappa shape index (κ2) is 11.8. The number of morpholine rings is 2. The van der Waals surface area contributed by atoms with E-state index in [-0.39, 0.29) is 24.9 Å². The number of aliphatic hydroxyl groups is 1. The summed E-state index contributed by atoms with van der Waals surface area (Å²) in [5, 5.41) is 13.7. The van der Waals surface area contributed by atoms with Crippen LogP contribution < -0.4 is 19.9 Å². The Morgan fingerprint density at radius 3 is 2.53 bits per heavy atom. The number of fused-ring (bicyclic) bond motifs is 1. The molecule has 0 spiro atoms. The fourth-order valence-corrected chi connectivity index (χ4v) is 5.07. The van der Waals surface area contributed by atoms with Crippen molar-refractivity contribution in [3.05, 3.63) is 35.9 Å². The van der Waals surface area contributed by atoms with Gasteiger partial charge in [0.2, 0.25) is 5.95 Å². The maximum absolute atomic E-state index is 9.40. The Hall–Kier alpha value is -3.05. The number of pyridine rings is 1. The Morgan fingerprint density at radius 1 is 1.05 bits per heavy atom. The van der Waals surface area contributed by atoms with E-state index in [9.17, 15) is 5.11 Å². The van der Waals surface area contributed by atoms with Crippen molar-refractivity contribution in [2.24, 2.45) is 0 Å². The fraction of sp³-hybridized carbons (Fsp3) is 0.536. The van der Waals surface area contributed by atoms with Crippen molar-refractivity contribution >= 4 is 22.8 Å². The van der Waals surface area contributed by atoms with Crippen LogP contribution in [0, 0.1) is 0 Å². The van der Waals surface area contributed by atoms with Crippen LogP contribution in [-0.4, -0.2) is 91.4 Å². The van der Waals surface area contributed by atoms with Crippen molar-refractivity contribution in [3.63, 3.8) is 0 Å². The second-order valence-corrected chi connectivity index (χ2v) is 10.2. The number of ether oxygens (including phenoxy) is 3. The largest absolute Gasteiger partial charge is 0.496 e. The summed E-state index contributed by atoms with van der Waals surface area (Å²) in [7, 11) is 1.67. The molecule has 3 atom stereocenters. The number of aliphatic hydroxyl groups excluding tert-OH is 1. The molecule has 0 amide bonds. The number of hydrogen-bond donors (Lipinski definition) is 2. The summed E-state index contributed by atoms with van der Waals surface area (Å²) >= 11 is 0. The van der Waals surface area contributed by atoms with Crippen molar-refractivity contribution in [3.8, 4) is 17.0 Å². The lowest BCUT2D eigenvalue weighted by Crippen LogP contribution is -2.46. The quantitative estimate of drug-likeness (QED) is 0.459. The van der Waals surface area contributed by atoms with Crippen LogP contribution in [0.15, 0.2) is 30.3 Å². The van der Waals surface area contributed by atoms with Crippen molar-refractivity contribution in [1.29, 1.82) is 0 Å². The van der Waals surface area contributed by atoms with Gasteiger partial charge < -0.3 is 34.4 Å². The van der Waals surface area contributed by atoms with Gasteiger partial charge in [-0.15, -0.1) is 0 Å². The predicted octanol–water partition coefficient (Wildman–Crippen LogP) is 2.62. The van der Waals surface area contributed by atoms with Gasteiger partial charge in [-0.3, -0.25) is 0 Å². The zero-order chi connectivity index (χ0) is 26.6. The van der Waals surface area contributed by atoms with Crippen LogP contribution in [0.25, 0.3) is 22.3 Å². The van der Waals surface area contributed by atoms with Crippen LogP contribution in [0.5, 0.6) is 5.75 Å². The molecule has 0 bridgehead atoms. The number of methoxy groups -OCH3 is 1. The molecule has 5 rings (SSSR count). The van der Waals surface area contributed by atoms with Crippen molar-refractivity contribution < 1.29 is 19.3 Å². The Morgan fingerprint density at radius 2 is 1.82 bits per heavy atom. The monoisotopic (exact) mass is 522 g/mol. The first kappa shape index (κ1) is 26.6. The molecule has 0 radical (unpaired) electrons. The van der Waals surface area contributed by atoms with E-state index in [1.165, 1.54) is 0 Å². The van der Waals surface area contributed by atoms with E-state index in [4.69, 9.17) is 29.2 Å². The number of rotatable bonds is 8. The summed E-state index contributed by atoms with van der Waals surface area (Å²) in [5.74, 6) is 2.38. The number of hydrogen-bond acceptors (Lipinski definition) is 10. The van der Waals surface area contributed by atoms with Gasteiger partial charge in [-0.05, 0) is 51.1 Å². The van der Waals surface area contributed by atoms with Crippen molar-refractivity contribution in [2.75, 3.05) is 62.9 Å². The summed E-state index contributed by atoms with van der Waals surface area (Å²) in [6.45, 7) is 11.1. The smallest absolute Gasteiger partial charge is 0.229 e. The zero-order valence-electron chi connectivity index (χ0n) is 22.7. The molecule has 2 saturated heterocycles. The van der Waals surface area contributed by atoms with E-state index < -0.39 is 0 Å². The third kappa shape index (κ3) is 5.83. The lowest BCUT2D eigenvalue weighted by atomic mass is 10.1. The topological polar surface area (TPSA) is 105 Å². The highest BCUT2D eigenvalue weighted by Gasteiger charge is 2.26. The van der Waals surface area contributed by atoms with Crippen LogP contribution in [0.2, 0.25) is 0 Å². The molecule has 1 aromatic carbocycles. The zero-order valence-corrected chi connectivity index (χ0v) is 22.7. The average molecular weight is 523 g/mol. The van der Waals surface area contributed by atoms with Gasteiger partial charge in [0.05, 0.1) is 50.2 Å². The molecule has 204 valence electrons. The van der Waals surface area contributed by atoms with Gasteiger partial charge >= 0.3 is 0 Å². The molecule has 10 nitrogen and oxygen atoms in total. The summed E-state index contributed by atoms with van der Waals surface area (Å²) in [6, 6.07) is 10.2. The molecule has 4 heterocycles. The minimum absolute atomic E-state index is 0.0125. The molecule has 10 heteroatoms. The van der Waals surface area contributed by atoms with E-state index in [2.05, 4.69) is 41.1 Å². The molecule has 2 fully saturated rings. The molecule has 2 aliphatic rings. The first-order valence-corrected chi connectivity index (χ1v) is 13.4. The van der Waals surface area contributed by atoms with E-state index in [0.717, 1.165) is 60.0 Å². The van der Waals surface area contributed by atoms with Gasteiger partial charge in [-0.25, -0.2) is 4.98 Å². The van der Waals surface area contributed by atoms with E-state index in [0.29, 0.717) is 31.4 Å². The number of benzene rings is 1. The molecule has 2 aliphatic heterocycles. The first-order valence-electron chi connectivity index (χ1n) is 13.4. The van der Waals surface area contributed by atoms with Gasteiger partial charge in [0, 0.05) is 49.9 Å². The fourth-order valence-electron chi connectivity index (χ4n) is 5.07. The number of anilines is 2. The summed E-state index contributed by atoms with van der Waals surface area (Å²) in [6.07, 6.45) is 0.202. The maximum atomic E-state index is 9.40. The maximum Gasteiger partial charge on any atom is 0.229 e. The number of nitrogens with one attached hydrogen (secondary N) is 1. The van der Waals surface area contributed by atoms with Gasteiger partial charge in [-0.1, -0.05) is 0 Å². The third-order valence-electron chi connectivity index (χ3n) is 7.03. The highest BCUT2D eigenvalue weighted by molar-refractivity contribution is 5.90. The molecule has 0 aliphatic carbocycles. The Bertz CT molecular complexity index is 1240. The SMILES string of the molecule is COc1ccc(-c2ccc3c(N4CCOCC4)nc(N4C[C@@H](C)O[C@@H](C)C4)nc3n2)cc1CNC(C)CO. The Labute approximate surface area is 223 Å². The number of aromatic nitrogens is 3. The van der Waals surface area contributed by atoms with Crippen LogP contribution in [0.4, 0.5) is 11.8 Å². The van der Waals surface area contributed by atoms with Crippen molar-refractivity contribution in [1.82, 2.24) is 20.3 Å². The van der Waals surface area contributed by atoms with E-state index >= 15 is 0 Å². The van der Waals surface area contributed by atoms with E-state index in [1.807, 2.05) is 25.1 Å². The molecule has 0 saturated carbocycles. The van der Waals surface area contributed by atoms with Crippen LogP contribution in [-0.2, 0) is 16.0 Å². The minimum atomic E-state index is -0.0125. The standard InChI is InChI=1S/C28H38N6O4/c1-18(17-35)29-14-22-13-21(5-8-25(22)36-4)24-7-6-23-26(30-24)31-28(34-15-19(2)38-20(3)16-34)32-27(23)33-9-11-37-12-10-33/h5-8,13,18-20,29,35H,9-12,14-17H2,1-4H3/t18?,19-,20+. The van der Waals surface area contributed by atoms with Crippen LogP contribution in [0.3, 0.4) is 0 Å². The highest BCUT2D eigenvalue weighted by atomic mass is 16.5. The van der Waals surface area contributed by atoms with Crippen LogP contribution in [0.1, 0.15) is 26.3 Å². The molecule has 3 aromatic rings. The van der Waals surface area contributed by atoms with Crippen molar-refractivity contribution in [2.45, 2.75) is 45.6 Å². The van der Waals surface area contributed by atoms with Gasteiger partial charge in [0.25, 0.3) is 0 Å². The van der Waals surface area contributed by atoms with Gasteiger partial charge in [0.1, 0.15) is 11.6 Å². The predicted molar refractivity (Wildman–Crippen MR) is 148 cm³/mol. The van der Waals surface area contributed by atoms with E-state index in [1.54, 1.807) is 7.11 Å². The summed E-state index contributed by atoms with van der Waals surface area (Å²) < 4.78 is 17.1. The minimum Gasteiger partial charge on any atom is -0.496 e. The first-order chi connectivity index (χ1) is 18.4. The second-order valence-electron chi connectivity index (χ2n) is 10.2. The normalized spacial score (nSPS) is 21.1. The molecule has 2 N–H and O–H groups in total. The van der Waals surface area contributed by atoms with Gasteiger partial charge in [0.15, 0.2) is 5.65 Å². The lowest BCUT2D eigenvalue weighted by Gasteiger charge is -2.36. The average Bonchev–Trinajstić information content (AvgIpc) is 2.94. The Kier molecular flexibility index (Phi) is 8.23. The summed E-state index contributed by atoms with van der Waals surface area (Å²) in [5.41, 5.74) is 3.48.